The van der Waals surface area contributed by atoms with Gasteiger partial charge in [-0.15, -0.1) is 0 Å². The van der Waals surface area contributed by atoms with Crippen LogP contribution in [0.15, 0.2) is 18.2 Å². The quantitative estimate of drug-likeness (QED) is 0.901. The van der Waals surface area contributed by atoms with Crippen LogP contribution in [0.5, 0.6) is 0 Å². The molecule has 0 aromatic heterocycles. The monoisotopic (exact) mass is 273 g/mol. The van der Waals surface area contributed by atoms with Crippen LogP contribution in [0.2, 0.25) is 0 Å². The number of hydrogen-bond acceptors (Lipinski definition) is 3. The molecule has 1 fully saturated rings. The first-order chi connectivity index (χ1) is 8.32. The summed E-state index contributed by atoms with van der Waals surface area (Å²) in [4.78, 5) is 11.1. The van der Waals surface area contributed by atoms with E-state index in [-0.39, 0.29) is 11.7 Å². The summed E-state index contributed by atoms with van der Waals surface area (Å²) in [5.41, 5.74) is -0.706. The van der Waals surface area contributed by atoms with Crippen LogP contribution in [0.4, 0.5) is 10.1 Å². The van der Waals surface area contributed by atoms with E-state index in [9.17, 15) is 17.6 Å². The highest BCUT2D eigenvalue weighted by Crippen LogP contribution is 2.36. The number of benzene rings is 1. The van der Waals surface area contributed by atoms with Gasteiger partial charge in [-0.2, -0.15) is 0 Å². The number of carboxylic acid groups (broad SMARTS) is 1. The Morgan fingerprint density at radius 3 is 2.50 bits per heavy atom. The second kappa shape index (κ2) is 4.24. The molecule has 0 heterocycles. The van der Waals surface area contributed by atoms with Crippen molar-refractivity contribution in [1.29, 1.82) is 0 Å². The Morgan fingerprint density at radius 1 is 1.44 bits per heavy atom. The average molecular weight is 273 g/mol. The van der Waals surface area contributed by atoms with Crippen molar-refractivity contribution in [2.24, 2.45) is 0 Å². The minimum atomic E-state index is -3.62. The van der Waals surface area contributed by atoms with Gasteiger partial charge in [0.05, 0.1) is 11.9 Å². The first-order valence-electron chi connectivity index (χ1n) is 5.33. The first-order valence-corrected chi connectivity index (χ1v) is 7.18. The predicted molar refractivity (Wildman–Crippen MR) is 63.7 cm³/mol. The Kier molecular flexibility index (Phi) is 3.02. The van der Waals surface area contributed by atoms with Crippen LogP contribution < -0.4 is 4.31 Å². The van der Waals surface area contributed by atoms with E-state index in [2.05, 4.69) is 0 Å². The fraction of sp³-hybridized carbons (Fsp3) is 0.364. The molecule has 1 aliphatic rings. The smallest absolute Gasteiger partial charge is 0.340 e. The van der Waals surface area contributed by atoms with Gasteiger partial charge in [0.25, 0.3) is 0 Å². The second-order valence-electron chi connectivity index (χ2n) is 4.23. The van der Waals surface area contributed by atoms with Crippen molar-refractivity contribution in [2.75, 3.05) is 10.6 Å². The molecule has 0 bridgehead atoms. The van der Waals surface area contributed by atoms with Crippen molar-refractivity contribution in [3.05, 3.63) is 29.6 Å². The number of sulfonamides is 1. The zero-order valence-electron chi connectivity index (χ0n) is 9.63. The number of carbonyl (C=O) groups is 1. The number of halogens is 1. The van der Waals surface area contributed by atoms with E-state index < -0.39 is 27.4 Å². The molecule has 1 saturated carbocycles. The molecule has 5 nitrogen and oxygen atoms in total. The van der Waals surface area contributed by atoms with E-state index in [0.29, 0.717) is 12.8 Å². The number of rotatable bonds is 4. The van der Waals surface area contributed by atoms with Gasteiger partial charge in [-0.05, 0) is 25.0 Å². The lowest BCUT2D eigenvalue weighted by molar-refractivity contribution is 0.0693. The van der Waals surface area contributed by atoms with Crippen molar-refractivity contribution in [1.82, 2.24) is 0 Å². The van der Waals surface area contributed by atoms with Crippen LogP contribution in [0.3, 0.4) is 0 Å². The van der Waals surface area contributed by atoms with E-state index in [1.165, 1.54) is 12.1 Å². The predicted octanol–water partition coefficient (Wildman–Crippen LogP) is 1.45. The van der Waals surface area contributed by atoms with Gasteiger partial charge in [0.15, 0.2) is 0 Å². The lowest BCUT2D eigenvalue weighted by atomic mass is 10.1. The third kappa shape index (κ3) is 2.31. The number of hydrogen-bond donors (Lipinski definition) is 1. The number of nitrogens with zero attached hydrogens (tertiary/aromatic N) is 1. The zero-order chi connectivity index (χ0) is 13.5. The second-order valence-corrected chi connectivity index (χ2v) is 6.09. The number of carboxylic acids is 1. The maximum atomic E-state index is 13.5. The fourth-order valence-corrected chi connectivity index (χ4v) is 3.13. The first kappa shape index (κ1) is 12.8. The van der Waals surface area contributed by atoms with Gasteiger partial charge in [-0.1, -0.05) is 6.07 Å². The number of aromatic carboxylic acids is 1. The molecule has 0 spiro atoms. The van der Waals surface area contributed by atoms with E-state index in [1.807, 2.05) is 0 Å². The number of anilines is 1. The maximum Gasteiger partial charge on any atom is 0.340 e. The summed E-state index contributed by atoms with van der Waals surface area (Å²) in [5, 5.41) is 9.00. The summed E-state index contributed by atoms with van der Waals surface area (Å²) in [7, 11) is -3.62. The topological polar surface area (TPSA) is 74.7 Å². The molecule has 98 valence electrons. The van der Waals surface area contributed by atoms with E-state index in [4.69, 9.17) is 5.11 Å². The summed E-state index contributed by atoms with van der Waals surface area (Å²) in [5.74, 6) is -2.41. The molecule has 0 saturated heterocycles. The highest BCUT2D eigenvalue weighted by molar-refractivity contribution is 7.92. The van der Waals surface area contributed by atoms with Gasteiger partial charge in [0.2, 0.25) is 10.0 Å². The van der Waals surface area contributed by atoms with Crippen LogP contribution in [0.1, 0.15) is 23.2 Å². The molecule has 1 aromatic rings. The molecule has 0 amide bonds. The molecule has 1 aromatic carbocycles. The standard InChI is InChI=1S/C11H12FNO4S/c1-18(16,17)13(7-5-6-7)9-4-2-3-8(12)10(9)11(14)15/h2-4,7H,5-6H2,1H3,(H,14,15). The molecule has 0 radical (unpaired) electrons. The average Bonchev–Trinajstić information content (AvgIpc) is 2.99. The molecular formula is C11H12FNO4S. The van der Waals surface area contributed by atoms with Crippen molar-refractivity contribution >= 4 is 21.7 Å². The Morgan fingerprint density at radius 2 is 2.06 bits per heavy atom. The molecule has 7 heteroatoms. The molecular weight excluding hydrogens is 261 g/mol. The van der Waals surface area contributed by atoms with E-state index in [0.717, 1.165) is 16.6 Å². The SMILES string of the molecule is CS(=O)(=O)N(c1cccc(F)c1C(=O)O)C1CC1. The van der Waals surface area contributed by atoms with Gasteiger partial charge in [-0.25, -0.2) is 17.6 Å². The van der Waals surface area contributed by atoms with Crippen molar-refractivity contribution in [3.8, 4) is 0 Å². The molecule has 18 heavy (non-hydrogen) atoms. The van der Waals surface area contributed by atoms with E-state index in [1.54, 1.807) is 0 Å². The third-order valence-corrected chi connectivity index (χ3v) is 3.89. The summed E-state index contributed by atoms with van der Waals surface area (Å²) >= 11 is 0. The molecule has 0 unspecified atom stereocenters. The minimum Gasteiger partial charge on any atom is -0.478 e. The van der Waals surface area contributed by atoms with Gasteiger partial charge < -0.3 is 5.11 Å². The van der Waals surface area contributed by atoms with Crippen LogP contribution in [-0.4, -0.2) is 31.8 Å². The van der Waals surface area contributed by atoms with Crippen LogP contribution >= 0.6 is 0 Å². The van der Waals surface area contributed by atoms with Crippen LogP contribution in [-0.2, 0) is 10.0 Å². The third-order valence-electron chi connectivity index (χ3n) is 2.68. The van der Waals surface area contributed by atoms with Gasteiger partial charge in [-0.3, -0.25) is 4.31 Å². The maximum absolute atomic E-state index is 13.5. The van der Waals surface area contributed by atoms with Crippen molar-refractivity contribution in [2.45, 2.75) is 18.9 Å². The van der Waals surface area contributed by atoms with Gasteiger partial charge in [0.1, 0.15) is 11.4 Å². The normalized spacial score (nSPS) is 15.4. The highest BCUT2D eigenvalue weighted by Gasteiger charge is 2.37. The fourth-order valence-electron chi connectivity index (χ4n) is 1.86. The summed E-state index contributed by atoms with van der Waals surface area (Å²) in [6.45, 7) is 0. The van der Waals surface area contributed by atoms with Crippen molar-refractivity contribution in [3.63, 3.8) is 0 Å². The van der Waals surface area contributed by atoms with Gasteiger partial charge >= 0.3 is 5.97 Å². The van der Waals surface area contributed by atoms with Crippen LogP contribution in [0, 0.1) is 5.82 Å². The summed E-state index contributed by atoms with van der Waals surface area (Å²) in [6, 6.07) is 3.35. The Bertz CT molecular complexity index is 595. The Labute approximate surface area is 104 Å². The molecule has 2 rings (SSSR count). The van der Waals surface area contributed by atoms with E-state index >= 15 is 0 Å². The molecule has 0 atom stereocenters. The summed E-state index contributed by atoms with van der Waals surface area (Å²) < 4.78 is 38.0. The molecule has 1 aliphatic carbocycles. The Hall–Kier alpha value is -1.63. The molecule has 0 aliphatic heterocycles. The molecule has 1 N–H and O–H groups in total. The lowest BCUT2D eigenvalue weighted by Gasteiger charge is -2.23. The lowest BCUT2D eigenvalue weighted by Crippen LogP contribution is -2.33. The van der Waals surface area contributed by atoms with Crippen molar-refractivity contribution < 1.29 is 22.7 Å². The Balaban J connectivity index is 2.62. The van der Waals surface area contributed by atoms with Gasteiger partial charge in [0, 0.05) is 6.04 Å². The zero-order valence-corrected chi connectivity index (χ0v) is 10.4. The van der Waals surface area contributed by atoms with Crippen LogP contribution in [0.25, 0.3) is 0 Å². The summed E-state index contributed by atoms with van der Waals surface area (Å²) in [6.07, 6.45) is 2.30. The highest BCUT2D eigenvalue weighted by atomic mass is 32.2. The minimum absolute atomic E-state index is 0.104. The largest absolute Gasteiger partial charge is 0.478 e.